The van der Waals surface area contributed by atoms with Gasteiger partial charge in [0.2, 0.25) is 5.43 Å². The summed E-state index contributed by atoms with van der Waals surface area (Å²) in [7, 11) is 5.00. The SMILES string of the molecule is C/N=C\c1c(F)cc(NC)c2[nH]c3ncc(-c4cnc5c(c4)c(=O)c(C(=O)O)cn5C)c(N4C[C@@H]5CC[C@H](N)[C@@H]5C4)c3c12. The van der Waals surface area contributed by atoms with Crippen LogP contribution in [-0.4, -0.2) is 70.0 Å². The molecular formula is C31H31FN8O3. The molecule has 11 nitrogen and oxygen atoms in total. The number of hydrogen-bond acceptors (Lipinski definition) is 8. The Kier molecular flexibility index (Phi) is 6.20. The summed E-state index contributed by atoms with van der Waals surface area (Å²) < 4.78 is 17.1. The van der Waals surface area contributed by atoms with E-state index in [4.69, 9.17) is 10.7 Å². The summed E-state index contributed by atoms with van der Waals surface area (Å²) >= 11 is 0. The third-order valence-corrected chi connectivity index (χ3v) is 9.17. The maximum absolute atomic E-state index is 15.6. The first-order valence-corrected chi connectivity index (χ1v) is 14.2. The number of H-pyrrole nitrogens is 1. The van der Waals surface area contributed by atoms with Crippen molar-refractivity contribution in [1.29, 1.82) is 0 Å². The molecule has 5 N–H and O–H groups in total. The molecule has 1 saturated heterocycles. The van der Waals surface area contributed by atoms with Crippen LogP contribution in [0.4, 0.5) is 15.8 Å². The number of nitrogens with zero attached hydrogens (tertiary/aromatic N) is 5. The number of halogens is 1. The highest BCUT2D eigenvalue weighted by Gasteiger charge is 2.42. The van der Waals surface area contributed by atoms with E-state index in [9.17, 15) is 14.7 Å². The highest BCUT2D eigenvalue weighted by Crippen LogP contribution is 2.47. The third-order valence-electron chi connectivity index (χ3n) is 9.17. The fraction of sp³-hybridized carbons (Fsp3) is 0.323. The van der Waals surface area contributed by atoms with Crippen LogP contribution >= 0.6 is 0 Å². The molecule has 7 rings (SSSR count). The summed E-state index contributed by atoms with van der Waals surface area (Å²) in [4.78, 5) is 44.3. The fourth-order valence-electron chi connectivity index (χ4n) is 7.15. The van der Waals surface area contributed by atoms with E-state index in [1.807, 2.05) is 0 Å². The third kappa shape index (κ3) is 4.00. The summed E-state index contributed by atoms with van der Waals surface area (Å²) in [5.74, 6) is -0.972. The lowest BCUT2D eigenvalue weighted by Gasteiger charge is -2.25. The van der Waals surface area contributed by atoms with E-state index in [1.165, 1.54) is 23.0 Å². The van der Waals surface area contributed by atoms with Crippen LogP contribution in [0.1, 0.15) is 28.8 Å². The average molecular weight is 583 g/mol. The molecule has 1 aliphatic heterocycles. The van der Waals surface area contributed by atoms with Gasteiger partial charge in [-0.3, -0.25) is 9.79 Å². The van der Waals surface area contributed by atoms with Gasteiger partial charge in [0.1, 0.15) is 22.7 Å². The van der Waals surface area contributed by atoms with E-state index < -0.39 is 17.2 Å². The number of aryl methyl sites for hydroxylation is 1. The standard InChI is InChI=1S/C31H31FN8O3/c1-34-9-18-21(32)7-23(35-2)26-24(18)25-27(40-11-14-4-5-22(33)19(14)13-40)17(10-36-29(25)38-26)15-6-16-28(41)20(31(42)43)12-39(3)30(16)37-8-15/h6-10,12,14,19,22,35H,4-5,11,13,33H2,1-3H3,(H,36,38)(H,42,43)/b34-9-/t14-,19+,22-/m0/s1. The molecule has 1 aromatic carbocycles. The van der Waals surface area contributed by atoms with Crippen molar-refractivity contribution in [3.8, 4) is 11.1 Å². The van der Waals surface area contributed by atoms with Gasteiger partial charge in [-0.1, -0.05) is 0 Å². The summed E-state index contributed by atoms with van der Waals surface area (Å²) in [6.07, 6.45) is 8.23. The van der Waals surface area contributed by atoms with Crippen LogP contribution in [0.2, 0.25) is 0 Å². The van der Waals surface area contributed by atoms with Crippen molar-refractivity contribution in [3.63, 3.8) is 0 Å². The number of rotatable bonds is 5. The lowest BCUT2D eigenvalue weighted by Crippen LogP contribution is -2.30. The Morgan fingerprint density at radius 2 is 2.05 bits per heavy atom. The van der Waals surface area contributed by atoms with Crippen molar-refractivity contribution < 1.29 is 14.3 Å². The first kappa shape index (κ1) is 27.0. The molecule has 5 heterocycles. The first-order valence-electron chi connectivity index (χ1n) is 14.2. The predicted molar refractivity (Wildman–Crippen MR) is 166 cm³/mol. The number of pyridine rings is 3. The smallest absolute Gasteiger partial charge is 0.341 e. The highest BCUT2D eigenvalue weighted by molar-refractivity contribution is 6.22. The minimum atomic E-state index is -1.30. The van der Waals surface area contributed by atoms with Crippen molar-refractivity contribution >= 4 is 56.5 Å². The van der Waals surface area contributed by atoms with Crippen molar-refractivity contribution in [2.45, 2.75) is 18.9 Å². The zero-order valence-corrected chi connectivity index (χ0v) is 24.0. The minimum absolute atomic E-state index is 0.106. The zero-order valence-electron chi connectivity index (χ0n) is 24.0. The largest absolute Gasteiger partial charge is 0.477 e. The molecule has 2 aliphatic rings. The van der Waals surface area contributed by atoms with Gasteiger partial charge in [-0.15, -0.1) is 0 Å². The van der Waals surface area contributed by atoms with E-state index in [1.54, 1.807) is 39.6 Å². The number of carboxylic acids is 1. The number of carboxylic acid groups (broad SMARTS) is 1. The van der Waals surface area contributed by atoms with Crippen molar-refractivity contribution in [2.24, 2.45) is 29.6 Å². The molecule has 0 bridgehead atoms. The summed E-state index contributed by atoms with van der Waals surface area (Å²) in [5.41, 5.74) is 10.3. The van der Waals surface area contributed by atoms with E-state index >= 15 is 4.39 Å². The highest BCUT2D eigenvalue weighted by atomic mass is 19.1. The predicted octanol–water partition coefficient (Wildman–Crippen LogP) is 3.73. The molecule has 0 spiro atoms. The van der Waals surface area contributed by atoms with Crippen LogP contribution in [0, 0.1) is 17.7 Å². The maximum atomic E-state index is 15.6. The van der Waals surface area contributed by atoms with Crippen molar-refractivity contribution in [2.75, 3.05) is 37.4 Å². The Hall–Kier alpha value is -4.84. The quantitative estimate of drug-likeness (QED) is 0.229. The summed E-state index contributed by atoms with van der Waals surface area (Å²) in [6.45, 7) is 1.50. The number of aliphatic imine (C=N–C) groups is 1. The van der Waals surface area contributed by atoms with Gasteiger partial charge in [0.25, 0.3) is 0 Å². The number of benzene rings is 1. The number of aromatic nitrogens is 4. The molecule has 220 valence electrons. The topological polar surface area (TPSA) is 155 Å². The maximum Gasteiger partial charge on any atom is 0.341 e. The number of nitrogens with two attached hydrogens (primary N) is 1. The van der Waals surface area contributed by atoms with Gasteiger partial charge in [0.15, 0.2) is 0 Å². The number of hydrogen-bond donors (Lipinski definition) is 4. The molecule has 43 heavy (non-hydrogen) atoms. The van der Waals surface area contributed by atoms with Crippen LogP contribution in [0.5, 0.6) is 0 Å². The summed E-state index contributed by atoms with van der Waals surface area (Å²) in [5, 5.41) is 14.3. The molecule has 12 heteroatoms. The van der Waals surface area contributed by atoms with Gasteiger partial charge in [0.05, 0.1) is 27.7 Å². The van der Waals surface area contributed by atoms with E-state index in [-0.39, 0.29) is 17.0 Å². The molecule has 4 aromatic heterocycles. The Balaban J connectivity index is 1.57. The monoisotopic (exact) mass is 582 g/mol. The van der Waals surface area contributed by atoms with Crippen LogP contribution in [0.15, 0.2) is 40.5 Å². The lowest BCUT2D eigenvalue weighted by molar-refractivity contribution is 0.0695. The van der Waals surface area contributed by atoms with Crippen LogP contribution in [-0.2, 0) is 7.05 Å². The van der Waals surface area contributed by atoms with Gasteiger partial charge >= 0.3 is 5.97 Å². The molecule has 0 amide bonds. The average Bonchev–Trinajstić information content (AvgIpc) is 3.69. The second-order valence-corrected chi connectivity index (χ2v) is 11.5. The van der Waals surface area contributed by atoms with E-state index in [2.05, 4.69) is 25.2 Å². The van der Waals surface area contributed by atoms with E-state index in [0.29, 0.717) is 56.4 Å². The van der Waals surface area contributed by atoms with E-state index in [0.717, 1.165) is 37.0 Å². The Bertz CT molecular complexity index is 2070. The van der Waals surface area contributed by atoms with Gasteiger partial charge in [-0.2, -0.15) is 0 Å². The number of aromatic amines is 1. The fourth-order valence-corrected chi connectivity index (χ4v) is 7.15. The Morgan fingerprint density at radius 3 is 2.77 bits per heavy atom. The van der Waals surface area contributed by atoms with Gasteiger partial charge < -0.3 is 30.6 Å². The molecule has 0 unspecified atom stereocenters. The van der Waals surface area contributed by atoms with Gasteiger partial charge in [-0.05, 0) is 36.8 Å². The van der Waals surface area contributed by atoms with Crippen LogP contribution in [0.25, 0.3) is 44.1 Å². The Morgan fingerprint density at radius 1 is 1.23 bits per heavy atom. The van der Waals surface area contributed by atoms with Gasteiger partial charge in [-0.25, -0.2) is 19.2 Å². The number of nitrogens with one attached hydrogen (secondary N) is 2. The minimum Gasteiger partial charge on any atom is -0.477 e. The zero-order chi connectivity index (χ0) is 30.2. The number of fused-ring (bicyclic) bond motifs is 5. The second-order valence-electron chi connectivity index (χ2n) is 11.5. The number of anilines is 2. The molecule has 0 radical (unpaired) electrons. The van der Waals surface area contributed by atoms with Crippen LogP contribution < -0.4 is 21.4 Å². The molecule has 2 fully saturated rings. The second kappa shape index (κ2) is 9.87. The lowest BCUT2D eigenvalue weighted by atomic mass is 9.98. The first-order chi connectivity index (χ1) is 20.7. The molecular weight excluding hydrogens is 551 g/mol. The van der Waals surface area contributed by atoms with Gasteiger partial charge in [0, 0.05) is 87.2 Å². The van der Waals surface area contributed by atoms with Crippen LogP contribution in [0.3, 0.4) is 0 Å². The normalized spacial score (nSPS) is 20.2. The number of aromatic carboxylic acids is 1. The Labute approximate surface area is 245 Å². The van der Waals surface area contributed by atoms with Crippen molar-refractivity contribution in [3.05, 3.63) is 57.9 Å². The molecule has 3 atom stereocenters. The molecule has 1 saturated carbocycles. The number of carbonyl (C=O) groups is 1. The molecule has 1 aliphatic carbocycles. The summed E-state index contributed by atoms with van der Waals surface area (Å²) in [6, 6.07) is 3.22. The molecule has 5 aromatic rings. The van der Waals surface area contributed by atoms with Crippen molar-refractivity contribution in [1.82, 2.24) is 19.5 Å².